The van der Waals surface area contributed by atoms with E-state index < -0.39 is 11.4 Å². The normalized spacial score (nSPS) is 29.5. The Hall–Kier alpha value is -2.21. The molecule has 0 amide bonds. The number of nitrogens with zero attached hydrogens (tertiary/aromatic N) is 3. The molecule has 1 aliphatic carbocycles. The Kier molecular flexibility index (Phi) is 4.07. The number of carboxylic acids is 1. The quantitative estimate of drug-likeness (QED) is 0.921. The molecule has 0 spiro atoms. The molecule has 4 rings (SSSR count). The lowest BCUT2D eigenvalue weighted by atomic mass is 9.64. The Balaban J connectivity index is 1.52. The van der Waals surface area contributed by atoms with Crippen LogP contribution in [0.15, 0.2) is 34.9 Å². The van der Waals surface area contributed by atoms with Gasteiger partial charge in [0.25, 0.3) is 0 Å². The van der Waals surface area contributed by atoms with E-state index in [0.717, 1.165) is 25.8 Å². The number of aromatic nitrogens is 2. The van der Waals surface area contributed by atoms with Gasteiger partial charge in [0.05, 0.1) is 12.0 Å². The average Bonchev–Trinajstić information content (AvgIpc) is 3.18. The summed E-state index contributed by atoms with van der Waals surface area (Å²) >= 11 is 0. The summed E-state index contributed by atoms with van der Waals surface area (Å²) in [5.41, 5.74) is 0.688. The molecule has 0 radical (unpaired) electrons. The lowest BCUT2D eigenvalue weighted by molar-refractivity contribution is -0.152. The van der Waals surface area contributed by atoms with E-state index in [2.05, 4.69) is 39.3 Å². The first-order valence-corrected chi connectivity index (χ1v) is 8.87. The summed E-state index contributed by atoms with van der Waals surface area (Å²) in [5, 5.41) is 13.8. The van der Waals surface area contributed by atoms with E-state index in [9.17, 15) is 9.90 Å². The van der Waals surface area contributed by atoms with E-state index in [1.54, 1.807) is 6.92 Å². The summed E-state index contributed by atoms with van der Waals surface area (Å²) in [4.78, 5) is 18.5. The molecule has 3 atom stereocenters. The summed E-state index contributed by atoms with van der Waals surface area (Å²) in [7, 11) is 0. The highest BCUT2D eigenvalue weighted by Crippen LogP contribution is 2.51. The summed E-state index contributed by atoms with van der Waals surface area (Å²) in [5.74, 6) is 1.13. The Morgan fingerprint density at radius 2 is 2.20 bits per heavy atom. The first kappa shape index (κ1) is 16.3. The highest BCUT2D eigenvalue weighted by Gasteiger charge is 2.54. The van der Waals surface area contributed by atoms with Crippen LogP contribution in [0.2, 0.25) is 0 Å². The first-order valence-electron chi connectivity index (χ1n) is 8.87. The Labute approximate surface area is 146 Å². The van der Waals surface area contributed by atoms with Crippen molar-refractivity contribution < 1.29 is 14.4 Å². The van der Waals surface area contributed by atoms with Gasteiger partial charge in [0.1, 0.15) is 0 Å². The van der Waals surface area contributed by atoms with Crippen LogP contribution in [0.5, 0.6) is 0 Å². The molecule has 132 valence electrons. The Morgan fingerprint density at radius 3 is 2.88 bits per heavy atom. The van der Waals surface area contributed by atoms with E-state index in [0.29, 0.717) is 30.7 Å². The van der Waals surface area contributed by atoms with Crippen LogP contribution in [0, 0.1) is 18.3 Å². The molecule has 25 heavy (non-hydrogen) atoms. The zero-order valence-corrected chi connectivity index (χ0v) is 14.4. The van der Waals surface area contributed by atoms with Gasteiger partial charge < -0.3 is 9.63 Å². The monoisotopic (exact) mass is 341 g/mol. The van der Waals surface area contributed by atoms with Gasteiger partial charge in [-0.25, -0.2) is 0 Å². The third-order valence-electron chi connectivity index (χ3n) is 5.90. The second-order valence-corrected chi connectivity index (χ2v) is 7.45. The number of benzene rings is 1. The van der Waals surface area contributed by atoms with Crippen molar-refractivity contribution in [3.05, 3.63) is 47.6 Å². The molecule has 2 aromatic rings. The molecule has 6 heteroatoms. The highest BCUT2D eigenvalue weighted by atomic mass is 16.5. The Morgan fingerprint density at radius 1 is 1.40 bits per heavy atom. The van der Waals surface area contributed by atoms with Crippen molar-refractivity contribution in [1.82, 2.24) is 15.0 Å². The number of aryl methyl sites for hydroxylation is 1. The summed E-state index contributed by atoms with van der Waals surface area (Å²) in [6.07, 6.45) is 2.59. The maximum atomic E-state index is 12.1. The number of rotatable bonds is 4. The van der Waals surface area contributed by atoms with Crippen LogP contribution in [0.25, 0.3) is 0 Å². The van der Waals surface area contributed by atoms with E-state index in [4.69, 9.17) is 4.52 Å². The zero-order chi connectivity index (χ0) is 17.4. The smallest absolute Gasteiger partial charge is 0.311 e. The molecule has 1 aromatic heterocycles. The largest absolute Gasteiger partial charge is 0.481 e. The molecule has 0 bridgehead atoms. The first-order chi connectivity index (χ1) is 12.1. The zero-order valence-electron chi connectivity index (χ0n) is 14.4. The number of fused-ring (bicyclic) bond motifs is 1. The van der Waals surface area contributed by atoms with Gasteiger partial charge in [0, 0.05) is 13.1 Å². The fourth-order valence-corrected chi connectivity index (χ4v) is 4.65. The van der Waals surface area contributed by atoms with Crippen molar-refractivity contribution in [2.24, 2.45) is 11.3 Å². The molecule has 1 aliphatic heterocycles. The van der Waals surface area contributed by atoms with Gasteiger partial charge in [-0.1, -0.05) is 35.5 Å². The van der Waals surface area contributed by atoms with Crippen molar-refractivity contribution in [2.45, 2.75) is 38.6 Å². The molecule has 1 saturated carbocycles. The maximum absolute atomic E-state index is 12.1. The predicted octanol–water partition coefficient (Wildman–Crippen LogP) is 2.85. The predicted molar refractivity (Wildman–Crippen MR) is 90.9 cm³/mol. The lowest BCUT2D eigenvalue weighted by Crippen LogP contribution is -2.42. The Bertz CT molecular complexity index is 760. The van der Waals surface area contributed by atoms with Crippen LogP contribution in [-0.4, -0.2) is 39.2 Å². The molecular formula is C19H23N3O3. The van der Waals surface area contributed by atoms with Crippen LogP contribution >= 0.6 is 0 Å². The molecule has 2 fully saturated rings. The molecule has 2 aliphatic rings. The van der Waals surface area contributed by atoms with Gasteiger partial charge in [0.15, 0.2) is 5.82 Å². The minimum absolute atomic E-state index is 0.160. The van der Waals surface area contributed by atoms with Crippen molar-refractivity contribution >= 4 is 5.97 Å². The SMILES string of the molecule is Cc1noc(CN2C[C@@H]3C[C@@H](c4ccccc4)CC[C@]3(C(=O)O)C2)n1. The number of likely N-dealkylation sites (tertiary alicyclic amines) is 1. The number of aliphatic carboxylic acids is 1. The second-order valence-electron chi connectivity index (χ2n) is 7.45. The lowest BCUT2D eigenvalue weighted by Gasteiger charge is -2.38. The van der Waals surface area contributed by atoms with Crippen LogP contribution in [0.3, 0.4) is 0 Å². The van der Waals surface area contributed by atoms with E-state index in [1.807, 2.05) is 6.07 Å². The van der Waals surface area contributed by atoms with Gasteiger partial charge in [-0.3, -0.25) is 9.69 Å². The second kappa shape index (κ2) is 6.26. The number of hydrogen-bond donors (Lipinski definition) is 1. The van der Waals surface area contributed by atoms with E-state index in [-0.39, 0.29) is 5.92 Å². The van der Waals surface area contributed by atoms with E-state index >= 15 is 0 Å². The van der Waals surface area contributed by atoms with Crippen molar-refractivity contribution in [2.75, 3.05) is 13.1 Å². The standard InChI is InChI=1S/C19H23N3O3/c1-13-20-17(25-21-13)11-22-10-16-9-15(14-5-3-2-4-6-14)7-8-19(16,12-22)18(23)24/h2-6,15-16H,7-12H2,1H3,(H,23,24)/t15-,16-,19-/m0/s1. The third kappa shape index (κ3) is 2.95. The number of carbonyl (C=O) groups is 1. The summed E-state index contributed by atoms with van der Waals surface area (Å²) in [6.45, 7) is 3.66. The fourth-order valence-electron chi connectivity index (χ4n) is 4.65. The van der Waals surface area contributed by atoms with Crippen LogP contribution < -0.4 is 0 Å². The number of hydrogen-bond acceptors (Lipinski definition) is 5. The molecule has 2 heterocycles. The van der Waals surface area contributed by atoms with Crippen molar-refractivity contribution in [1.29, 1.82) is 0 Å². The molecule has 1 saturated heterocycles. The van der Waals surface area contributed by atoms with Gasteiger partial charge in [0.2, 0.25) is 5.89 Å². The third-order valence-corrected chi connectivity index (χ3v) is 5.90. The van der Waals surface area contributed by atoms with Crippen molar-refractivity contribution in [3.63, 3.8) is 0 Å². The van der Waals surface area contributed by atoms with Gasteiger partial charge in [-0.15, -0.1) is 0 Å². The van der Waals surface area contributed by atoms with Gasteiger partial charge in [-0.2, -0.15) is 4.98 Å². The average molecular weight is 341 g/mol. The molecule has 6 nitrogen and oxygen atoms in total. The molecular weight excluding hydrogens is 318 g/mol. The van der Waals surface area contributed by atoms with Gasteiger partial charge in [-0.05, 0) is 43.6 Å². The van der Waals surface area contributed by atoms with Crippen LogP contribution in [-0.2, 0) is 11.3 Å². The van der Waals surface area contributed by atoms with Gasteiger partial charge >= 0.3 is 5.97 Å². The summed E-state index contributed by atoms with van der Waals surface area (Å²) < 4.78 is 5.21. The molecule has 1 N–H and O–H groups in total. The summed E-state index contributed by atoms with van der Waals surface area (Å²) in [6, 6.07) is 10.5. The van der Waals surface area contributed by atoms with Crippen molar-refractivity contribution in [3.8, 4) is 0 Å². The van der Waals surface area contributed by atoms with Crippen LogP contribution in [0.4, 0.5) is 0 Å². The van der Waals surface area contributed by atoms with E-state index in [1.165, 1.54) is 5.56 Å². The topological polar surface area (TPSA) is 79.5 Å². The molecule has 0 unspecified atom stereocenters. The highest BCUT2D eigenvalue weighted by molar-refractivity contribution is 5.76. The molecule has 1 aromatic carbocycles. The maximum Gasteiger partial charge on any atom is 0.311 e. The fraction of sp³-hybridized carbons (Fsp3) is 0.526. The number of carboxylic acid groups (broad SMARTS) is 1. The minimum atomic E-state index is -0.659. The van der Waals surface area contributed by atoms with Crippen LogP contribution in [0.1, 0.15) is 42.5 Å². The minimum Gasteiger partial charge on any atom is -0.481 e.